The molecule has 164 valence electrons. The summed E-state index contributed by atoms with van der Waals surface area (Å²) >= 11 is 0. The lowest BCUT2D eigenvalue weighted by molar-refractivity contribution is -0.137. The molecule has 0 heterocycles. The summed E-state index contributed by atoms with van der Waals surface area (Å²) in [5.41, 5.74) is 3.10. The molecule has 0 radical (unpaired) electrons. The number of hydrogen-bond donors (Lipinski definition) is 1. The summed E-state index contributed by atoms with van der Waals surface area (Å²) in [4.78, 5) is 12.3. The van der Waals surface area contributed by atoms with E-state index in [4.69, 9.17) is 9.16 Å². The Kier molecular flexibility index (Phi) is 10.6. The molecule has 4 nitrogen and oxygen atoms in total. The largest absolute Gasteiger partial charge is 0.463 e. The maximum Gasteiger partial charge on any atom is 0.330 e. The van der Waals surface area contributed by atoms with Crippen LogP contribution in [0.25, 0.3) is 0 Å². The fourth-order valence-electron chi connectivity index (χ4n) is 2.64. The van der Waals surface area contributed by atoms with E-state index in [1.807, 2.05) is 20.8 Å². The van der Waals surface area contributed by atoms with Gasteiger partial charge in [0.15, 0.2) is 8.32 Å². The zero-order chi connectivity index (χ0) is 22.3. The molecule has 0 fully saturated rings. The predicted octanol–water partition coefficient (Wildman–Crippen LogP) is 5.92. The Labute approximate surface area is 175 Å². The zero-order valence-corrected chi connectivity index (χ0v) is 22.2. The summed E-state index contributed by atoms with van der Waals surface area (Å²) in [6.45, 7) is 24.2. The van der Waals surface area contributed by atoms with E-state index in [2.05, 4.69) is 53.5 Å². The first-order chi connectivity index (χ1) is 12.5. The lowest BCUT2D eigenvalue weighted by Crippen LogP contribution is -2.45. The number of aliphatic hydroxyl groups excluding tert-OH is 1. The van der Waals surface area contributed by atoms with Crippen molar-refractivity contribution in [2.24, 2.45) is 0 Å². The topological polar surface area (TPSA) is 55.8 Å². The molecule has 0 aliphatic carbocycles. The van der Waals surface area contributed by atoms with Crippen LogP contribution in [0.15, 0.2) is 22.8 Å². The number of rotatable bonds is 10. The fraction of sp³-hybridized carbons (Fsp3) is 0.773. The third-order valence-electron chi connectivity index (χ3n) is 5.31. The fourth-order valence-corrected chi connectivity index (χ4v) is 5.49. The van der Waals surface area contributed by atoms with Gasteiger partial charge in [-0.2, -0.15) is 0 Å². The second-order valence-electron chi connectivity index (χ2n) is 10.5. The van der Waals surface area contributed by atoms with Crippen LogP contribution >= 0.6 is 0 Å². The lowest BCUT2D eigenvalue weighted by Gasteiger charge is -2.41. The zero-order valence-electron chi connectivity index (χ0n) is 20.2. The molecule has 0 saturated carbocycles. The minimum Gasteiger partial charge on any atom is -0.463 e. The first-order valence-corrected chi connectivity index (χ1v) is 17.0. The van der Waals surface area contributed by atoms with Crippen LogP contribution in [0.4, 0.5) is 0 Å². The van der Waals surface area contributed by atoms with Crippen molar-refractivity contribution in [2.45, 2.75) is 97.9 Å². The third-order valence-corrected chi connectivity index (χ3v) is 11.3. The molecule has 0 aromatic heterocycles. The van der Waals surface area contributed by atoms with E-state index < -0.39 is 16.4 Å². The molecule has 1 atom stereocenters. The highest BCUT2D eigenvalue weighted by molar-refractivity contribution is 6.76. The van der Waals surface area contributed by atoms with Gasteiger partial charge in [0, 0.05) is 14.1 Å². The summed E-state index contributed by atoms with van der Waals surface area (Å²) in [5.74, 6) is -0.303. The van der Waals surface area contributed by atoms with Gasteiger partial charge in [0.1, 0.15) is 0 Å². The van der Waals surface area contributed by atoms with Crippen LogP contribution in [0.3, 0.4) is 0 Å². The number of aliphatic hydroxyl groups is 1. The van der Waals surface area contributed by atoms with Gasteiger partial charge in [0.25, 0.3) is 0 Å². The Hall–Kier alpha value is -0.696. The van der Waals surface area contributed by atoms with E-state index in [1.165, 1.54) is 0 Å². The van der Waals surface area contributed by atoms with Gasteiger partial charge in [-0.15, -0.1) is 0 Å². The van der Waals surface area contributed by atoms with Crippen LogP contribution in [-0.2, 0) is 14.0 Å². The van der Waals surface area contributed by atoms with Gasteiger partial charge in [0.05, 0.1) is 19.3 Å². The molecular formula is C22H44O4Si2. The Morgan fingerprint density at radius 1 is 1.11 bits per heavy atom. The van der Waals surface area contributed by atoms with E-state index in [0.717, 1.165) is 22.8 Å². The van der Waals surface area contributed by atoms with Crippen molar-refractivity contribution < 1.29 is 19.1 Å². The third kappa shape index (κ3) is 9.68. The molecule has 0 aromatic rings. The van der Waals surface area contributed by atoms with Gasteiger partial charge in [-0.1, -0.05) is 46.0 Å². The van der Waals surface area contributed by atoms with Gasteiger partial charge in [-0.3, -0.25) is 0 Å². The molecule has 0 aliphatic rings. The SMILES string of the molecule is CCOC(=O)/C=C(/C[Si](C)(C)C)[C@H](CC(CO)=C(C)C)O[Si](C)(C)C(C)(C)C. The van der Waals surface area contributed by atoms with Gasteiger partial charge < -0.3 is 14.3 Å². The lowest BCUT2D eigenvalue weighted by atomic mass is 9.99. The highest BCUT2D eigenvalue weighted by Crippen LogP contribution is 2.40. The summed E-state index contributed by atoms with van der Waals surface area (Å²) in [6, 6.07) is 0.868. The van der Waals surface area contributed by atoms with Crippen LogP contribution in [0, 0.1) is 0 Å². The predicted molar refractivity (Wildman–Crippen MR) is 125 cm³/mol. The van der Waals surface area contributed by atoms with E-state index in [0.29, 0.717) is 13.0 Å². The average molecular weight is 429 g/mol. The second kappa shape index (κ2) is 10.9. The summed E-state index contributed by atoms with van der Waals surface area (Å²) < 4.78 is 12.0. The molecule has 0 saturated heterocycles. The van der Waals surface area contributed by atoms with Crippen molar-refractivity contribution in [2.75, 3.05) is 13.2 Å². The molecule has 0 amide bonds. The normalized spacial score (nSPS) is 14.6. The Morgan fingerprint density at radius 2 is 1.64 bits per heavy atom. The van der Waals surface area contributed by atoms with E-state index in [1.54, 1.807) is 6.08 Å². The number of allylic oxidation sites excluding steroid dienone is 1. The molecule has 0 bridgehead atoms. The quantitative estimate of drug-likeness (QED) is 0.203. The number of carbonyl (C=O) groups is 1. The molecule has 0 unspecified atom stereocenters. The highest BCUT2D eigenvalue weighted by Gasteiger charge is 2.40. The van der Waals surface area contributed by atoms with Crippen LogP contribution in [0.5, 0.6) is 0 Å². The smallest absolute Gasteiger partial charge is 0.330 e. The van der Waals surface area contributed by atoms with E-state index in [-0.39, 0.29) is 23.7 Å². The summed E-state index contributed by atoms with van der Waals surface area (Å²) in [5, 5.41) is 9.94. The minimum absolute atomic E-state index is 0.0132. The van der Waals surface area contributed by atoms with E-state index in [9.17, 15) is 9.90 Å². The molecule has 0 rings (SSSR count). The first-order valence-electron chi connectivity index (χ1n) is 10.3. The molecular weight excluding hydrogens is 384 g/mol. The van der Waals surface area contributed by atoms with Crippen molar-refractivity contribution in [3.63, 3.8) is 0 Å². The van der Waals surface area contributed by atoms with Gasteiger partial charge in [-0.05, 0) is 62.5 Å². The molecule has 1 N–H and O–H groups in total. The number of esters is 1. The number of ether oxygens (including phenoxy) is 1. The van der Waals surface area contributed by atoms with Crippen LogP contribution < -0.4 is 0 Å². The van der Waals surface area contributed by atoms with Crippen molar-refractivity contribution >= 4 is 22.4 Å². The summed E-state index contributed by atoms with van der Waals surface area (Å²) in [7, 11) is -3.57. The minimum atomic E-state index is -2.07. The van der Waals surface area contributed by atoms with Crippen molar-refractivity contribution in [1.29, 1.82) is 0 Å². The van der Waals surface area contributed by atoms with Crippen LogP contribution in [0.2, 0.25) is 43.8 Å². The molecule has 0 aliphatic heterocycles. The maximum atomic E-state index is 12.3. The Balaban J connectivity index is 6.22. The number of hydrogen-bond acceptors (Lipinski definition) is 4. The van der Waals surface area contributed by atoms with Crippen molar-refractivity contribution in [1.82, 2.24) is 0 Å². The Morgan fingerprint density at radius 3 is 2.00 bits per heavy atom. The second-order valence-corrected chi connectivity index (χ2v) is 20.8. The molecule has 6 heteroatoms. The Bertz CT molecular complexity index is 574. The maximum absolute atomic E-state index is 12.3. The van der Waals surface area contributed by atoms with Gasteiger partial charge in [-0.25, -0.2) is 4.79 Å². The van der Waals surface area contributed by atoms with E-state index >= 15 is 0 Å². The monoisotopic (exact) mass is 428 g/mol. The van der Waals surface area contributed by atoms with Gasteiger partial charge >= 0.3 is 5.97 Å². The van der Waals surface area contributed by atoms with Crippen molar-refractivity contribution in [3.8, 4) is 0 Å². The van der Waals surface area contributed by atoms with Crippen LogP contribution in [0.1, 0.15) is 48.0 Å². The first kappa shape index (κ1) is 27.3. The molecule has 28 heavy (non-hydrogen) atoms. The molecule has 0 spiro atoms. The van der Waals surface area contributed by atoms with Gasteiger partial charge in [0.2, 0.25) is 0 Å². The van der Waals surface area contributed by atoms with Crippen molar-refractivity contribution in [3.05, 3.63) is 22.8 Å². The average Bonchev–Trinajstić information content (AvgIpc) is 2.47. The summed E-state index contributed by atoms with van der Waals surface area (Å²) in [6.07, 6.45) is 2.05. The highest BCUT2D eigenvalue weighted by atomic mass is 28.4. The molecule has 0 aromatic carbocycles. The number of carbonyl (C=O) groups excluding carboxylic acids is 1. The standard InChI is InChI=1S/C22H44O4Si2/c1-12-25-21(24)14-19(16-27(7,8)9)20(13-18(15-23)17(2)3)26-28(10,11)22(4,5)6/h14,20,23H,12-13,15-16H2,1-11H3/b19-14-/t20-/m0/s1. The van der Waals surface area contributed by atoms with Crippen LogP contribution in [-0.4, -0.2) is 46.8 Å².